The van der Waals surface area contributed by atoms with Crippen molar-refractivity contribution >= 4 is 11.6 Å². The molecule has 0 bridgehead atoms. The maximum Gasteiger partial charge on any atom is 0.406 e. The van der Waals surface area contributed by atoms with Crippen LogP contribution < -0.4 is 10.2 Å². The standard InChI is InChI=1S/C13H23N5O2/c1-10(2)17(8-11-5-4-6-14-7-11)13-12(18(19)20)15-9-16(13)3/h9-11,14H,4-8H2,1-3H3. The van der Waals surface area contributed by atoms with Crippen LogP contribution in [-0.2, 0) is 7.05 Å². The van der Waals surface area contributed by atoms with E-state index >= 15 is 0 Å². The van der Waals surface area contributed by atoms with E-state index in [-0.39, 0.29) is 11.9 Å². The van der Waals surface area contributed by atoms with E-state index in [1.165, 1.54) is 19.2 Å². The lowest BCUT2D eigenvalue weighted by atomic mass is 9.98. The van der Waals surface area contributed by atoms with Crippen LogP contribution in [0.25, 0.3) is 0 Å². The molecule has 1 saturated heterocycles. The molecule has 20 heavy (non-hydrogen) atoms. The number of hydrogen-bond acceptors (Lipinski definition) is 5. The van der Waals surface area contributed by atoms with Gasteiger partial charge in [-0.05, 0) is 55.6 Å². The van der Waals surface area contributed by atoms with E-state index < -0.39 is 4.92 Å². The Labute approximate surface area is 119 Å². The van der Waals surface area contributed by atoms with Gasteiger partial charge in [-0.1, -0.05) is 0 Å². The molecule has 112 valence electrons. The van der Waals surface area contributed by atoms with E-state index in [0.29, 0.717) is 11.7 Å². The Hall–Kier alpha value is -1.63. The number of nitrogens with zero attached hydrogens (tertiary/aromatic N) is 4. The summed E-state index contributed by atoms with van der Waals surface area (Å²) in [7, 11) is 1.81. The summed E-state index contributed by atoms with van der Waals surface area (Å²) < 4.78 is 1.74. The molecule has 7 heteroatoms. The fourth-order valence-electron chi connectivity index (χ4n) is 2.77. The van der Waals surface area contributed by atoms with Crippen molar-refractivity contribution in [3.63, 3.8) is 0 Å². The Morgan fingerprint density at radius 3 is 2.95 bits per heavy atom. The topological polar surface area (TPSA) is 76.2 Å². The third-order valence-corrected chi connectivity index (χ3v) is 3.81. The molecule has 0 aromatic carbocycles. The number of imidazole rings is 1. The number of aromatic nitrogens is 2. The molecular formula is C13H23N5O2. The van der Waals surface area contributed by atoms with Gasteiger partial charge in [-0.3, -0.25) is 4.57 Å². The molecule has 0 spiro atoms. The van der Waals surface area contributed by atoms with Crippen molar-refractivity contribution in [3.05, 3.63) is 16.4 Å². The number of hydrogen-bond donors (Lipinski definition) is 1. The van der Waals surface area contributed by atoms with Gasteiger partial charge in [-0.15, -0.1) is 0 Å². The van der Waals surface area contributed by atoms with E-state index in [1.807, 2.05) is 7.05 Å². The number of nitro groups is 1. The SMILES string of the molecule is CC(C)N(CC1CCCNC1)c1c([N+](=O)[O-])ncn1C. The second kappa shape index (κ2) is 6.21. The molecule has 1 fully saturated rings. The Balaban J connectivity index is 2.24. The van der Waals surface area contributed by atoms with Gasteiger partial charge in [0.15, 0.2) is 0 Å². The molecule has 1 aliphatic heterocycles. The minimum Gasteiger partial charge on any atom is -0.358 e. The lowest BCUT2D eigenvalue weighted by Gasteiger charge is -2.33. The Morgan fingerprint density at radius 1 is 1.65 bits per heavy atom. The van der Waals surface area contributed by atoms with Crippen LogP contribution in [0.2, 0.25) is 0 Å². The van der Waals surface area contributed by atoms with Gasteiger partial charge in [0.1, 0.15) is 0 Å². The summed E-state index contributed by atoms with van der Waals surface area (Å²) in [5.74, 6) is 1.08. The molecule has 0 aliphatic carbocycles. The highest BCUT2D eigenvalue weighted by molar-refractivity contribution is 5.55. The summed E-state index contributed by atoms with van der Waals surface area (Å²) in [4.78, 5) is 16.8. The van der Waals surface area contributed by atoms with E-state index in [0.717, 1.165) is 19.6 Å². The Kier molecular flexibility index (Phi) is 4.59. The largest absolute Gasteiger partial charge is 0.406 e. The summed E-state index contributed by atoms with van der Waals surface area (Å²) in [6.07, 6.45) is 3.86. The zero-order valence-electron chi connectivity index (χ0n) is 12.4. The highest BCUT2D eigenvalue weighted by atomic mass is 16.6. The maximum absolute atomic E-state index is 11.1. The maximum atomic E-state index is 11.1. The molecule has 1 atom stereocenters. The van der Waals surface area contributed by atoms with Crippen LogP contribution in [0, 0.1) is 16.0 Å². The first kappa shape index (κ1) is 14.8. The number of nitrogens with one attached hydrogen (secondary N) is 1. The van der Waals surface area contributed by atoms with Gasteiger partial charge in [0.05, 0.1) is 0 Å². The smallest absolute Gasteiger partial charge is 0.358 e. The van der Waals surface area contributed by atoms with Crippen molar-refractivity contribution in [2.75, 3.05) is 24.5 Å². The molecule has 2 rings (SSSR count). The molecule has 0 amide bonds. The van der Waals surface area contributed by atoms with E-state index in [2.05, 4.69) is 29.0 Å². The summed E-state index contributed by atoms with van der Waals surface area (Å²) in [5.41, 5.74) is 0. The van der Waals surface area contributed by atoms with Gasteiger partial charge in [0, 0.05) is 19.6 Å². The number of piperidine rings is 1. The van der Waals surface area contributed by atoms with Crippen LogP contribution in [0.3, 0.4) is 0 Å². The normalized spacial score (nSPS) is 19.3. The predicted molar refractivity (Wildman–Crippen MR) is 77.9 cm³/mol. The van der Waals surface area contributed by atoms with Crippen molar-refractivity contribution in [3.8, 4) is 0 Å². The molecular weight excluding hydrogens is 258 g/mol. The second-order valence-corrected chi connectivity index (χ2v) is 5.72. The zero-order chi connectivity index (χ0) is 14.7. The number of rotatable bonds is 5. The first-order chi connectivity index (χ1) is 9.50. The zero-order valence-corrected chi connectivity index (χ0v) is 12.4. The first-order valence-corrected chi connectivity index (χ1v) is 7.13. The van der Waals surface area contributed by atoms with Gasteiger partial charge in [-0.2, -0.15) is 0 Å². The van der Waals surface area contributed by atoms with Gasteiger partial charge in [-0.25, -0.2) is 0 Å². The Bertz CT molecular complexity index is 465. The van der Waals surface area contributed by atoms with Crippen molar-refractivity contribution in [1.82, 2.24) is 14.9 Å². The van der Waals surface area contributed by atoms with E-state index in [9.17, 15) is 10.1 Å². The molecule has 1 N–H and O–H groups in total. The van der Waals surface area contributed by atoms with Gasteiger partial charge in [0.2, 0.25) is 12.1 Å². The van der Waals surface area contributed by atoms with Crippen LogP contribution in [-0.4, -0.2) is 40.2 Å². The summed E-state index contributed by atoms with van der Waals surface area (Å²) in [5, 5.41) is 14.5. The minimum absolute atomic E-state index is 0.0510. The lowest BCUT2D eigenvalue weighted by Crippen LogP contribution is -2.42. The molecule has 0 saturated carbocycles. The first-order valence-electron chi connectivity index (χ1n) is 7.13. The van der Waals surface area contributed by atoms with Crippen LogP contribution in [0.15, 0.2) is 6.33 Å². The summed E-state index contributed by atoms with van der Waals surface area (Å²) >= 11 is 0. The van der Waals surface area contributed by atoms with Crippen molar-refractivity contribution in [2.24, 2.45) is 13.0 Å². The quantitative estimate of drug-likeness (QED) is 0.654. The average Bonchev–Trinajstić information content (AvgIpc) is 2.79. The van der Waals surface area contributed by atoms with Crippen LogP contribution >= 0.6 is 0 Å². The van der Waals surface area contributed by atoms with Crippen molar-refractivity contribution in [1.29, 1.82) is 0 Å². The van der Waals surface area contributed by atoms with Gasteiger partial charge < -0.3 is 20.3 Å². The lowest BCUT2D eigenvalue weighted by molar-refractivity contribution is -0.388. The summed E-state index contributed by atoms with van der Waals surface area (Å²) in [6.45, 7) is 7.00. The fourth-order valence-corrected chi connectivity index (χ4v) is 2.77. The Morgan fingerprint density at radius 2 is 2.40 bits per heavy atom. The van der Waals surface area contributed by atoms with E-state index in [4.69, 9.17) is 0 Å². The molecule has 7 nitrogen and oxygen atoms in total. The second-order valence-electron chi connectivity index (χ2n) is 5.72. The highest BCUT2D eigenvalue weighted by Gasteiger charge is 2.29. The van der Waals surface area contributed by atoms with Crippen molar-refractivity contribution in [2.45, 2.75) is 32.7 Å². The third-order valence-electron chi connectivity index (χ3n) is 3.81. The average molecular weight is 281 g/mol. The molecule has 0 radical (unpaired) electrons. The minimum atomic E-state index is -0.399. The van der Waals surface area contributed by atoms with Crippen LogP contribution in [0.4, 0.5) is 11.6 Å². The number of anilines is 1. The fraction of sp³-hybridized carbons (Fsp3) is 0.769. The van der Waals surface area contributed by atoms with E-state index in [1.54, 1.807) is 4.57 Å². The number of aryl methyl sites for hydroxylation is 1. The van der Waals surface area contributed by atoms with Crippen LogP contribution in [0.1, 0.15) is 26.7 Å². The molecule has 1 aliphatic rings. The molecule has 1 unspecified atom stereocenters. The predicted octanol–water partition coefficient (Wildman–Crippen LogP) is 1.54. The van der Waals surface area contributed by atoms with Crippen molar-refractivity contribution < 1.29 is 4.92 Å². The molecule has 1 aromatic heterocycles. The monoisotopic (exact) mass is 281 g/mol. The highest BCUT2D eigenvalue weighted by Crippen LogP contribution is 2.29. The van der Waals surface area contributed by atoms with Gasteiger partial charge >= 0.3 is 5.82 Å². The molecule has 2 heterocycles. The van der Waals surface area contributed by atoms with Gasteiger partial charge in [0.25, 0.3) is 0 Å². The third kappa shape index (κ3) is 3.09. The molecule has 1 aromatic rings. The summed E-state index contributed by atoms with van der Waals surface area (Å²) in [6, 6.07) is 0.200. The van der Waals surface area contributed by atoms with Crippen LogP contribution in [0.5, 0.6) is 0 Å².